The maximum atomic E-state index is 12.5. The van der Waals surface area contributed by atoms with E-state index in [9.17, 15) is 13.2 Å². The summed E-state index contributed by atoms with van der Waals surface area (Å²) in [6.45, 7) is 1.82. The quantitative estimate of drug-likeness (QED) is 0.778. The van der Waals surface area contributed by atoms with Crippen LogP contribution in [0.3, 0.4) is 0 Å². The highest BCUT2D eigenvalue weighted by molar-refractivity contribution is 7.98. The van der Waals surface area contributed by atoms with Gasteiger partial charge in [-0.2, -0.15) is 13.2 Å². The highest BCUT2D eigenvalue weighted by Crippen LogP contribution is 2.33. The molecule has 0 saturated carbocycles. The molecular formula is C10H9F3N2S. The van der Waals surface area contributed by atoms with E-state index in [0.29, 0.717) is 11.0 Å². The monoisotopic (exact) mass is 246 g/mol. The Morgan fingerprint density at radius 1 is 1.31 bits per heavy atom. The number of H-pyrrole nitrogens is 1. The lowest BCUT2D eigenvalue weighted by molar-refractivity contribution is -0.140. The molecule has 0 aliphatic heterocycles. The van der Waals surface area contributed by atoms with Gasteiger partial charge < -0.3 is 4.98 Å². The Morgan fingerprint density at radius 3 is 2.56 bits per heavy atom. The normalized spacial score (nSPS) is 12.3. The van der Waals surface area contributed by atoms with Crippen molar-refractivity contribution in [3.05, 3.63) is 23.5 Å². The van der Waals surface area contributed by atoms with Gasteiger partial charge in [0.1, 0.15) is 11.2 Å². The fraction of sp³-hybridized carbons (Fsp3) is 0.300. The van der Waals surface area contributed by atoms with Crippen molar-refractivity contribution in [1.82, 2.24) is 9.97 Å². The zero-order chi connectivity index (χ0) is 11.9. The van der Waals surface area contributed by atoms with Gasteiger partial charge in [-0.05, 0) is 25.3 Å². The van der Waals surface area contributed by atoms with Gasteiger partial charge in [-0.15, -0.1) is 11.8 Å². The van der Waals surface area contributed by atoms with Crippen LogP contribution >= 0.6 is 11.8 Å². The van der Waals surface area contributed by atoms with Gasteiger partial charge in [0.15, 0.2) is 0 Å². The number of nitrogens with one attached hydrogen (secondary N) is 1. The molecule has 0 atom stereocenters. The first kappa shape index (κ1) is 11.3. The van der Waals surface area contributed by atoms with Crippen LogP contribution in [0.1, 0.15) is 11.4 Å². The molecule has 2 aromatic heterocycles. The summed E-state index contributed by atoms with van der Waals surface area (Å²) >= 11 is 1.39. The molecule has 0 bridgehead atoms. The fourth-order valence-electron chi connectivity index (χ4n) is 1.58. The zero-order valence-corrected chi connectivity index (χ0v) is 9.46. The molecule has 6 heteroatoms. The summed E-state index contributed by atoms with van der Waals surface area (Å²) in [5.41, 5.74) is 1.01. The number of aryl methyl sites for hydroxylation is 1. The van der Waals surface area contributed by atoms with Gasteiger partial charge in [-0.25, -0.2) is 4.98 Å². The zero-order valence-electron chi connectivity index (χ0n) is 8.64. The van der Waals surface area contributed by atoms with Gasteiger partial charge in [-0.1, -0.05) is 0 Å². The number of aromatic nitrogens is 2. The molecule has 0 spiro atoms. The number of nitrogens with zero attached hydrogens (tertiary/aromatic N) is 1. The van der Waals surface area contributed by atoms with E-state index < -0.39 is 11.9 Å². The second-order valence-corrected chi connectivity index (χ2v) is 4.19. The van der Waals surface area contributed by atoms with E-state index in [1.54, 1.807) is 0 Å². The van der Waals surface area contributed by atoms with Crippen molar-refractivity contribution in [3.8, 4) is 0 Å². The highest BCUT2D eigenvalue weighted by atomic mass is 32.2. The Balaban J connectivity index is 2.69. The number of pyridine rings is 1. The van der Waals surface area contributed by atoms with Crippen molar-refractivity contribution >= 4 is 22.8 Å². The number of alkyl halides is 3. The lowest BCUT2D eigenvalue weighted by Crippen LogP contribution is -2.07. The Morgan fingerprint density at radius 2 is 2.00 bits per heavy atom. The van der Waals surface area contributed by atoms with E-state index in [1.807, 2.05) is 13.2 Å². The van der Waals surface area contributed by atoms with Gasteiger partial charge in [-0.3, -0.25) is 0 Å². The number of thioether (sulfide) groups is 1. The van der Waals surface area contributed by atoms with E-state index in [2.05, 4.69) is 9.97 Å². The van der Waals surface area contributed by atoms with Gasteiger partial charge in [0.05, 0.1) is 10.4 Å². The molecule has 0 aliphatic carbocycles. The summed E-state index contributed by atoms with van der Waals surface area (Å²) in [6.07, 6.45) is -2.58. The van der Waals surface area contributed by atoms with Gasteiger partial charge in [0.25, 0.3) is 0 Å². The summed E-state index contributed by atoms with van der Waals surface area (Å²) in [5, 5.41) is 0. The molecule has 0 saturated heterocycles. The topological polar surface area (TPSA) is 28.7 Å². The number of hydrogen-bond donors (Lipinski definition) is 1. The predicted molar refractivity (Wildman–Crippen MR) is 57.6 cm³/mol. The molecule has 2 nitrogen and oxygen atoms in total. The molecule has 86 valence electrons. The number of halogens is 3. The van der Waals surface area contributed by atoms with Gasteiger partial charge in [0.2, 0.25) is 0 Å². The third-order valence-corrected chi connectivity index (χ3v) is 3.18. The van der Waals surface area contributed by atoms with Gasteiger partial charge >= 0.3 is 6.18 Å². The first-order valence-electron chi connectivity index (χ1n) is 4.54. The van der Waals surface area contributed by atoms with Crippen molar-refractivity contribution in [2.45, 2.75) is 18.0 Å². The smallest absolute Gasteiger partial charge is 0.356 e. The second-order valence-electron chi connectivity index (χ2n) is 3.37. The molecular weight excluding hydrogens is 237 g/mol. The van der Waals surface area contributed by atoms with Gasteiger partial charge in [0, 0.05) is 5.69 Å². The van der Waals surface area contributed by atoms with E-state index in [0.717, 1.165) is 16.7 Å². The fourth-order valence-corrected chi connectivity index (χ4v) is 2.28. The second kappa shape index (κ2) is 3.69. The van der Waals surface area contributed by atoms with Crippen molar-refractivity contribution in [2.75, 3.05) is 6.26 Å². The van der Waals surface area contributed by atoms with Crippen LogP contribution in [0, 0.1) is 6.92 Å². The van der Waals surface area contributed by atoms with Crippen LogP contribution in [-0.2, 0) is 6.18 Å². The number of hydrogen-bond acceptors (Lipinski definition) is 2. The largest absolute Gasteiger partial charge is 0.433 e. The summed E-state index contributed by atoms with van der Waals surface area (Å²) in [4.78, 5) is 7.43. The number of aromatic amines is 1. The SMILES string of the molecule is CSc1c(C)[nH]c2ccc(C(F)(F)F)nc12. The highest BCUT2D eigenvalue weighted by Gasteiger charge is 2.32. The minimum absolute atomic E-state index is 0.389. The molecule has 16 heavy (non-hydrogen) atoms. The average Bonchev–Trinajstić information content (AvgIpc) is 2.50. The van der Waals surface area contributed by atoms with Crippen LogP contribution in [0.4, 0.5) is 13.2 Å². The van der Waals surface area contributed by atoms with Crippen LogP contribution in [0.25, 0.3) is 11.0 Å². The van der Waals surface area contributed by atoms with Crippen LogP contribution in [-0.4, -0.2) is 16.2 Å². The average molecular weight is 246 g/mol. The molecule has 0 amide bonds. The molecule has 0 fully saturated rings. The van der Waals surface area contributed by atoms with Crippen molar-refractivity contribution in [2.24, 2.45) is 0 Å². The molecule has 2 heterocycles. The first-order valence-corrected chi connectivity index (χ1v) is 5.76. The third kappa shape index (κ3) is 1.77. The molecule has 0 aromatic carbocycles. The van der Waals surface area contributed by atoms with E-state index in [-0.39, 0.29) is 0 Å². The minimum Gasteiger partial charge on any atom is -0.356 e. The maximum absolute atomic E-state index is 12.5. The predicted octanol–water partition coefficient (Wildman–Crippen LogP) is 3.61. The summed E-state index contributed by atoms with van der Waals surface area (Å²) in [7, 11) is 0. The lowest BCUT2D eigenvalue weighted by Gasteiger charge is -2.05. The summed E-state index contributed by atoms with van der Waals surface area (Å²) < 4.78 is 37.4. The molecule has 2 rings (SSSR count). The van der Waals surface area contributed by atoms with Crippen LogP contribution in [0.15, 0.2) is 17.0 Å². The van der Waals surface area contributed by atoms with Crippen molar-refractivity contribution < 1.29 is 13.2 Å². The third-order valence-electron chi connectivity index (χ3n) is 2.27. The molecule has 1 N–H and O–H groups in total. The van der Waals surface area contributed by atoms with Crippen molar-refractivity contribution in [3.63, 3.8) is 0 Å². The Hall–Kier alpha value is -1.17. The Kier molecular flexibility index (Phi) is 2.61. The Labute approximate surface area is 94.3 Å². The van der Waals surface area contributed by atoms with E-state index >= 15 is 0 Å². The first-order chi connectivity index (χ1) is 7.43. The van der Waals surface area contributed by atoms with Crippen LogP contribution in [0.2, 0.25) is 0 Å². The molecule has 2 aromatic rings. The minimum atomic E-state index is -4.39. The standard InChI is InChI=1S/C10H9F3N2S/c1-5-9(16-2)8-6(14-5)3-4-7(15-8)10(11,12)13/h3-4,14H,1-2H3. The summed E-state index contributed by atoms with van der Waals surface area (Å²) in [6, 6.07) is 2.40. The van der Waals surface area contributed by atoms with E-state index in [4.69, 9.17) is 0 Å². The van der Waals surface area contributed by atoms with E-state index in [1.165, 1.54) is 17.8 Å². The maximum Gasteiger partial charge on any atom is 0.433 e. The van der Waals surface area contributed by atoms with Crippen molar-refractivity contribution in [1.29, 1.82) is 0 Å². The number of fused-ring (bicyclic) bond motifs is 1. The number of rotatable bonds is 1. The molecule has 0 radical (unpaired) electrons. The van der Waals surface area contributed by atoms with Crippen LogP contribution in [0.5, 0.6) is 0 Å². The summed E-state index contributed by atoms with van der Waals surface area (Å²) in [5.74, 6) is 0. The lowest BCUT2D eigenvalue weighted by atomic mass is 10.3. The Bertz CT molecular complexity index is 531. The molecule has 0 aliphatic rings. The van der Waals surface area contributed by atoms with Crippen LogP contribution < -0.4 is 0 Å². The molecule has 0 unspecified atom stereocenters.